The van der Waals surface area contributed by atoms with Crippen molar-refractivity contribution >= 4 is 17.4 Å². The van der Waals surface area contributed by atoms with Gasteiger partial charge in [0.05, 0.1) is 37.0 Å². The standard InChI is InChI=1S/C30H37NO7/c1-7-9-21-24(14-11-20-10-13-23(38-27(20)21)19(4)30(33)34)36-16-8-17-37-25-15-12-22(29(32)31-5)28(35-6)26(25)18(2)3/h11-12,14-15,23H,2,4,7-10,13,16-17H2,1,3,5-6H3,(H,31,32)(H,33,34). The van der Waals surface area contributed by atoms with Gasteiger partial charge in [-0.2, -0.15) is 0 Å². The van der Waals surface area contributed by atoms with Gasteiger partial charge in [-0.1, -0.05) is 32.6 Å². The number of ether oxygens (including phenoxy) is 4. The zero-order chi connectivity index (χ0) is 27.8. The molecule has 0 fully saturated rings. The van der Waals surface area contributed by atoms with Crippen LogP contribution in [0.1, 0.15) is 60.2 Å². The number of carboxylic acids is 1. The van der Waals surface area contributed by atoms with Crippen LogP contribution in [-0.4, -0.2) is 50.5 Å². The number of carbonyl (C=O) groups excluding carboxylic acids is 1. The molecule has 1 aliphatic heterocycles. The summed E-state index contributed by atoms with van der Waals surface area (Å²) in [6, 6.07) is 7.37. The maximum atomic E-state index is 12.2. The van der Waals surface area contributed by atoms with Crippen molar-refractivity contribution in [3.8, 4) is 23.0 Å². The Morgan fingerprint density at radius 3 is 2.42 bits per heavy atom. The Morgan fingerprint density at radius 2 is 1.82 bits per heavy atom. The highest BCUT2D eigenvalue weighted by atomic mass is 16.5. The van der Waals surface area contributed by atoms with Crippen LogP contribution < -0.4 is 24.3 Å². The molecule has 2 aromatic carbocycles. The minimum absolute atomic E-state index is 0.0654. The number of hydrogen-bond acceptors (Lipinski definition) is 6. The van der Waals surface area contributed by atoms with Crippen molar-refractivity contribution in [2.45, 2.75) is 52.1 Å². The highest BCUT2D eigenvalue weighted by molar-refractivity contribution is 5.99. The lowest BCUT2D eigenvalue weighted by Gasteiger charge is -2.29. The summed E-state index contributed by atoms with van der Waals surface area (Å²) >= 11 is 0. The number of amides is 1. The average Bonchev–Trinajstić information content (AvgIpc) is 2.91. The first kappa shape index (κ1) is 28.6. The monoisotopic (exact) mass is 523 g/mol. The third kappa shape index (κ3) is 6.30. The van der Waals surface area contributed by atoms with Gasteiger partial charge in [-0.25, -0.2) is 4.79 Å². The molecule has 8 heteroatoms. The first-order chi connectivity index (χ1) is 18.2. The van der Waals surface area contributed by atoms with E-state index in [1.165, 1.54) is 7.11 Å². The van der Waals surface area contributed by atoms with Crippen LogP contribution in [0.3, 0.4) is 0 Å². The molecule has 1 heterocycles. The van der Waals surface area contributed by atoms with Crippen molar-refractivity contribution in [1.82, 2.24) is 5.32 Å². The number of hydrogen-bond donors (Lipinski definition) is 2. The second kappa shape index (κ2) is 13.0. The summed E-state index contributed by atoms with van der Waals surface area (Å²) in [5, 5.41) is 12.0. The quantitative estimate of drug-likeness (QED) is 0.274. The fourth-order valence-electron chi connectivity index (χ4n) is 4.53. The number of nitrogens with one attached hydrogen (secondary N) is 1. The van der Waals surface area contributed by atoms with E-state index in [0.717, 1.165) is 41.7 Å². The van der Waals surface area contributed by atoms with Crippen LogP contribution in [0, 0.1) is 0 Å². The van der Waals surface area contributed by atoms with Crippen molar-refractivity contribution in [1.29, 1.82) is 0 Å². The Hall–Kier alpha value is -3.94. The summed E-state index contributed by atoms with van der Waals surface area (Å²) in [7, 11) is 3.08. The third-order valence-corrected chi connectivity index (χ3v) is 6.42. The second-order valence-corrected chi connectivity index (χ2v) is 9.19. The van der Waals surface area contributed by atoms with E-state index in [2.05, 4.69) is 25.4 Å². The lowest BCUT2D eigenvalue weighted by atomic mass is 9.94. The smallest absolute Gasteiger partial charge is 0.334 e. The molecule has 2 aromatic rings. The molecular formula is C30H37NO7. The molecule has 8 nitrogen and oxygen atoms in total. The van der Waals surface area contributed by atoms with Crippen LogP contribution in [0.5, 0.6) is 23.0 Å². The van der Waals surface area contributed by atoms with E-state index in [9.17, 15) is 14.7 Å². The molecule has 0 aliphatic carbocycles. The summed E-state index contributed by atoms with van der Waals surface area (Å²) in [6.45, 7) is 12.4. The van der Waals surface area contributed by atoms with Gasteiger partial charge < -0.3 is 29.4 Å². The van der Waals surface area contributed by atoms with E-state index in [1.54, 1.807) is 19.2 Å². The Kier molecular flexibility index (Phi) is 9.82. The summed E-state index contributed by atoms with van der Waals surface area (Å²) in [6.07, 6.45) is 3.01. The van der Waals surface area contributed by atoms with Crippen molar-refractivity contribution in [3.05, 3.63) is 65.3 Å². The van der Waals surface area contributed by atoms with Gasteiger partial charge in [-0.05, 0) is 55.5 Å². The number of aliphatic carboxylic acids is 1. The average molecular weight is 524 g/mol. The minimum atomic E-state index is -1.04. The SMILES string of the molecule is C=C(C)c1c(OCCCOc2ccc3c(c2CCC)OC(C(=C)C(=O)O)CC3)ccc(C(=O)NC)c1OC. The number of fused-ring (bicyclic) bond motifs is 1. The van der Waals surface area contributed by atoms with Gasteiger partial charge in [0.1, 0.15) is 29.1 Å². The Bertz CT molecular complexity index is 1220. The van der Waals surface area contributed by atoms with Gasteiger partial charge in [0.2, 0.25) is 0 Å². The molecule has 3 rings (SSSR count). The van der Waals surface area contributed by atoms with Gasteiger partial charge in [-0.15, -0.1) is 0 Å². The number of benzene rings is 2. The van der Waals surface area contributed by atoms with Gasteiger partial charge >= 0.3 is 5.97 Å². The molecule has 1 aliphatic rings. The summed E-state index contributed by atoms with van der Waals surface area (Å²) < 4.78 is 23.8. The lowest BCUT2D eigenvalue weighted by Crippen LogP contribution is -2.28. The van der Waals surface area contributed by atoms with Crippen molar-refractivity contribution in [2.75, 3.05) is 27.4 Å². The van der Waals surface area contributed by atoms with Crippen LogP contribution in [0.25, 0.3) is 5.57 Å². The van der Waals surface area contributed by atoms with Crippen LogP contribution in [0.2, 0.25) is 0 Å². The lowest BCUT2D eigenvalue weighted by molar-refractivity contribution is -0.133. The molecule has 2 N–H and O–H groups in total. The zero-order valence-electron chi connectivity index (χ0n) is 22.6. The number of carboxylic acid groups (broad SMARTS) is 1. The predicted molar refractivity (Wildman–Crippen MR) is 147 cm³/mol. The minimum Gasteiger partial charge on any atom is -0.495 e. The van der Waals surface area contributed by atoms with E-state index < -0.39 is 12.1 Å². The zero-order valence-corrected chi connectivity index (χ0v) is 22.6. The van der Waals surface area contributed by atoms with Crippen LogP contribution in [-0.2, 0) is 17.6 Å². The summed E-state index contributed by atoms with van der Waals surface area (Å²) in [5.74, 6) is 1.16. The van der Waals surface area contributed by atoms with E-state index in [0.29, 0.717) is 54.4 Å². The molecule has 0 spiro atoms. The predicted octanol–water partition coefficient (Wildman–Crippen LogP) is 5.22. The molecule has 0 radical (unpaired) electrons. The second-order valence-electron chi connectivity index (χ2n) is 9.19. The van der Waals surface area contributed by atoms with Gasteiger partial charge in [0, 0.05) is 19.0 Å². The van der Waals surface area contributed by atoms with Crippen LogP contribution >= 0.6 is 0 Å². The molecule has 38 heavy (non-hydrogen) atoms. The molecule has 204 valence electrons. The summed E-state index contributed by atoms with van der Waals surface area (Å²) in [5.41, 5.74) is 3.87. The van der Waals surface area contributed by atoms with Gasteiger partial charge in [0.15, 0.2) is 0 Å². The molecule has 1 atom stereocenters. The molecule has 1 unspecified atom stereocenters. The number of allylic oxidation sites excluding steroid dienone is 1. The van der Waals surface area contributed by atoms with Gasteiger partial charge in [0.25, 0.3) is 5.91 Å². The maximum absolute atomic E-state index is 12.2. The van der Waals surface area contributed by atoms with Crippen LogP contribution in [0.4, 0.5) is 0 Å². The molecule has 0 bridgehead atoms. The molecule has 0 aromatic heterocycles. The summed E-state index contributed by atoms with van der Waals surface area (Å²) in [4.78, 5) is 23.6. The van der Waals surface area contributed by atoms with E-state index in [1.807, 2.05) is 19.1 Å². The first-order valence-electron chi connectivity index (χ1n) is 12.8. The highest BCUT2D eigenvalue weighted by Crippen LogP contribution is 2.40. The number of rotatable bonds is 13. The van der Waals surface area contributed by atoms with Crippen molar-refractivity contribution < 1.29 is 33.6 Å². The third-order valence-electron chi connectivity index (χ3n) is 6.42. The number of carbonyl (C=O) groups is 2. The van der Waals surface area contributed by atoms with Gasteiger partial charge in [-0.3, -0.25) is 4.79 Å². The molecular weight excluding hydrogens is 486 g/mol. The van der Waals surface area contributed by atoms with E-state index in [-0.39, 0.29) is 11.5 Å². The van der Waals surface area contributed by atoms with Crippen molar-refractivity contribution in [3.63, 3.8) is 0 Å². The largest absolute Gasteiger partial charge is 0.495 e. The van der Waals surface area contributed by atoms with E-state index >= 15 is 0 Å². The Balaban J connectivity index is 1.69. The Morgan fingerprint density at radius 1 is 1.13 bits per heavy atom. The van der Waals surface area contributed by atoms with Crippen molar-refractivity contribution in [2.24, 2.45) is 0 Å². The highest BCUT2D eigenvalue weighted by Gasteiger charge is 2.28. The number of methoxy groups -OCH3 is 1. The maximum Gasteiger partial charge on any atom is 0.334 e. The Labute approximate surface area is 224 Å². The topological polar surface area (TPSA) is 103 Å². The number of aryl methyl sites for hydroxylation is 1. The fourth-order valence-corrected chi connectivity index (χ4v) is 4.53. The van der Waals surface area contributed by atoms with E-state index in [4.69, 9.17) is 18.9 Å². The fraction of sp³-hybridized carbons (Fsp3) is 0.400. The first-order valence-corrected chi connectivity index (χ1v) is 12.8. The molecule has 1 amide bonds. The molecule has 0 saturated carbocycles. The normalized spacial score (nSPS) is 14.1. The van der Waals surface area contributed by atoms with Crippen LogP contribution in [0.15, 0.2) is 43.0 Å². The molecule has 0 saturated heterocycles.